The summed E-state index contributed by atoms with van der Waals surface area (Å²) in [4.78, 5) is 26.6. The molecule has 1 aliphatic heterocycles. The van der Waals surface area contributed by atoms with Crippen LogP contribution in [0, 0.1) is 5.92 Å². The highest BCUT2D eigenvalue weighted by molar-refractivity contribution is 5.99. The van der Waals surface area contributed by atoms with Gasteiger partial charge in [-0.05, 0) is 25.2 Å². The molecule has 1 heterocycles. The van der Waals surface area contributed by atoms with Crippen LogP contribution >= 0.6 is 0 Å². The fraction of sp³-hybridized carbons (Fsp3) is 0.857. The smallest absolute Gasteiger partial charge is 0.246 e. The van der Waals surface area contributed by atoms with Crippen LogP contribution in [0.3, 0.4) is 0 Å². The number of nitrogens with zero attached hydrogens (tertiary/aromatic N) is 1. The Morgan fingerprint density at radius 2 is 1.89 bits per heavy atom. The molecule has 0 radical (unpaired) electrons. The van der Waals surface area contributed by atoms with E-state index in [0.717, 1.165) is 0 Å². The molecule has 1 saturated heterocycles. The minimum absolute atomic E-state index is 0.0380. The van der Waals surface area contributed by atoms with Gasteiger partial charge in [0.2, 0.25) is 11.8 Å². The summed E-state index contributed by atoms with van der Waals surface area (Å²) in [5.74, 6) is -0.141. The van der Waals surface area contributed by atoms with Crippen molar-refractivity contribution in [3.05, 3.63) is 0 Å². The second kappa shape index (κ2) is 6.35. The van der Waals surface area contributed by atoms with Gasteiger partial charge in [0.15, 0.2) is 0 Å². The van der Waals surface area contributed by atoms with E-state index in [9.17, 15) is 14.0 Å². The number of hydrogen-bond donors (Lipinski definition) is 1. The van der Waals surface area contributed by atoms with E-state index in [0.29, 0.717) is 19.4 Å². The van der Waals surface area contributed by atoms with Gasteiger partial charge in [0.25, 0.3) is 0 Å². The number of nitrogens with one attached hydrogen (secondary N) is 1. The molecule has 0 spiro atoms. The van der Waals surface area contributed by atoms with E-state index in [4.69, 9.17) is 0 Å². The molecular formula is C14H25FN2O2. The number of piperazine rings is 1. The summed E-state index contributed by atoms with van der Waals surface area (Å²) >= 11 is 0. The number of halogens is 1. The molecule has 110 valence electrons. The van der Waals surface area contributed by atoms with E-state index in [1.54, 1.807) is 4.90 Å². The van der Waals surface area contributed by atoms with E-state index in [2.05, 4.69) is 5.32 Å². The minimum Gasteiger partial charge on any atom is -0.342 e. The van der Waals surface area contributed by atoms with Crippen LogP contribution in [-0.4, -0.2) is 41.5 Å². The number of amides is 2. The third-order valence-electron chi connectivity index (χ3n) is 4.11. The first-order valence-corrected chi connectivity index (χ1v) is 7.13. The number of carbonyl (C=O) groups is 2. The van der Waals surface area contributed by atoms with Gasteiger partial charge in [0.1, 0.15) is 11.6 Å². The molecule has 0 bridgehead atoms. The molecular weight excluding hydrogens is 247 g/mol. The standard InChI is InChI=1S/C14H25FN2O2/c1-5-14(6-2)13(19)16-11(10(3)4)12(18)17(14)9-7-8-15/h10-11H,5-9H2,1-4H3,(H,16,19). The molecule has 1 rings (SSSR count). The summed E-state index contributed by atoms with van der Waals surface area (Å²) in [5, 5.41) is 2.84. The molecule has 0 aromatic rings. The summed E-state index contributed by atoms with van der Waals surface area (Å²) < 4.78 is 12.4. The van der Waals surface area contributed by atoms with Crippen LogP contribution < -0.4 is 5.32 Å². The van der Waals surface area contributed by atoms with Crippen molar-refractivity contribution in [3.8, 4) is 0 Å². The maximum atomic E-state index is 12.5. The van der Waals surface area contributed by atoms with Gasteiger partial charge in [-0.3, -0.25) is 14.0 Å². The Hall–Kier alpha value is -1.13. The van der Waals surface area contributed by atoms with E-state index >= 15 is 0 Å². The van der Waals surface area contributed by atoms with Crippen LogP contribution in [0.25, 0.3) is 0 Å². The summed E-state index contributed by atoms with van der Waals surface area (Å²) in [6, 6.07) is -0.488. The highest BCUT2D eigenvalue weighted by Crippen LogP contribution is 2.30. The Labute approximate surface area is 114 Å². The van der Waals surface area contributed by atoms with E-state index in [1.807, 2.05) is 27.7 Å². The molecule has 1 aliphatic rings. The van der Waals surface area contributed by atoms with Gasteiger partial charge in [-0.25, -0.2) is 0 Å². The van der Waals surface area contributed by atoms with Gasteiger partial charge in [-0.2, -0.15) is 0 Å². The third-order valence-corrected chi connectivity index (χ3v) is 4.11. The SMILES string of the molecule is CCC1(CC)C(=O)NC(C(C)C)C(=O)N1CCCF. The first-order chi connectivity index (χ1) is 8.94. The van der Waals surface area contributed by atoms with Crippen LogP contribution in [-0.2, 0) is 9.59 Å². The van der Waals surface area contributed by atoms with Crippen LogP contribution in [0.15, 0.2) is 0 Å². The zero-order valence-corrected chi connectivity index (χ0v) is 12.3. The average Bonchev–Trinajstić information content (AvgIpc) is 2.39. The second-order valence-electron chi connectivity index (χ2n) is 5.47. The minimum atomic E-state index is -0.808. The van der Waals surface area contributed by atoms with Gasteiger partial charge in [0, 0.05) is 6.54 Å². The van der Waals surface area contributed by atoms with Crippen molar-refractivity contribution in [1.82, 2.24) is 10.2 Å². The third kappa shape index (κ3) is 2.74. The van der Waals surface area contributed by atoms with Crippen LogP contribution in [0.4, 0.5) is 4.39 Å². The second-order valence-corrected chi connectivity index (χ2v) is 5.47. The molecule has 0 saturated carbocycles. The van der Waals surface area contributed by atoms with Crippen molar-refractivity contribution in [3.63, 3.8) is 0 Å². The molecule has 1 atom stereocenters. The summed E-state index contributed by atoms with van der Waals surface area (Å²) in [5.41, 5.74) is -0.808. The lowest BCUT2D eigenvalue weighted by molar-refractivity contribution is -0.159. The maximum absolute atomic E-state index is 12.5. The fourth-order valence-corrected chi connectivity index (χ4v) is 2.79. The monoisotopic (exact) mass is 272 g/mol. The maximum Gasteiger partial charge on any atom is 0.246 e. The van der Waals surface area contributed by atoms with Crippen molar-refractivity contribution in [2.45, 2.75) is 58.5 Å². The van der Waals surface area contributed by atoms with Gasteiger partial charge >= 0.3 is 0 Å². The molecule has 0 aliphatic carbocycles. The molecule has 0 aromatic carbocycles. The van der Waals surface area contributed by atoms with Crippen molar-refractivity contribution in [1.29, 1.82) is 0 Å². The van der Waals surface area contributed by atoms with Crippen molar-refractivity contribution < 1.29 is 14.0 Å². The highest BCUT2D eigenvalue weighted by Gasteiger charge is 2.50. The molecule has 19 heavy (non-hydrogen) atoms. The molecule has 1 unspecified atom stereocenters. The summed E-state index contributed by atoms with van der Waals surface area (Å²) in [7, 11) is 0. The normalized spacial score (nSPS) is 22.8. The predicted octanol–water partition coefficient (Wildman–Crippen LogP) is 1.89. The van der Waals surface area contributed by atoms with E-state index in [-0.39, 0.29) is 24.2 Å². The van der Waals surface area contributed by atoms with Gasteiger partial charge in [-0.1, -0.05) is 27.7 Å². The quantitative estimate of drug-likeness (QED) is 0.802. The van der Waals surface area contributed by atoms with Gasteiger partial charge < -0.3 is 10.2 Å². The largest absolute Gasteiger partial charge is 0.342 e. The van der Waals surface area contributed by atoms with Crippen molar-refractivity contribution in [2.75, 3.05) is 13.2 Å². The Morgan fingerprint density at radius 3 is 2.32 bits per heavy atom. The topological polar surface area (TPSA) is 49.4 Å². The Bertz CT molecular complexity index is 340. The summed E-state index contributed by atoms with van der Waals surface area (Å²) in [6.45, 7) is 7.44. The summed E-state index contributed by atoms with van der Waals surface area (Å²) in [6.07, 6.45) is 1.39. The number of rotatable bonds is 6. The van der Waals surface area contributed by atoms with Gasteiger partial charge in [0.05, 0.1) is 6.67 Å². The molecule has 0 aromatic heterocycles. The zero-order chi connectivity index (χ0) is 14.6. The highest BCUT2D eigenvalue weighted by atomic mass is 19.1. The molecule has 4 nitrogen and oxygen atoms in total. The predicted molar refractivity (Wildman–Crippen MR) is 72.4 cm³/mol. The van der Waals surface area contributed by atoms with Crippen molar-refractivity contribution in [2.24, 2.45) is 5.92 Å². The van der Waals surface area contributed by atoms with Crippen LogP contribution in [0.1, 0.15) is 47.0 Å². The Balaban J connectivity index is 3.10. The van der Waals surface area contributed by atoms with E-state index < -0.39 is 18.3 Å². The lowest BCUT2D eigenvalue weighted by Crippen LogP contribution is -2.71. The Kier molecular flexibility index (Phi) is 5.32. The molecule has 2 amide bonds. The molecule has 1 fully saturated rings. The zero-order valence-electron chi connectivity index (χ0n) is 12.3. The number of hydrogen-bond acceptors (Lipinski definition) is 2. The van der Waals surface area contributed by atoms with Crippen LogP contribution in [0.5, 0.6) is 0 Å². The Morgan fingerprint density at radius 1 is 1.32 bits per heavy atom. The van der Waals surface area contributed by atoms with E-state index in [1.165, 1.54) is 0 Å². The lowest BCUT2D eigenvalue weighted by Gasteiger charge is -2.48. The number of alkyl halides is 1. The molecule has 1 N–H and O–H groups in total. The average molecular weight is 272 g/mol. The first kappa shape index (κ1) is 15.9. The lowest BCUT2D eigenvalue weighted by atomic mass is 9.84. The number of carbonyl (C=O) groups excluding carboxylic acids is 2. The molecule has 5 heteroatoms. The first-order valence-electron chi connectivity index (χ1n) is 7.13. The van der Waals surface area contributed by atoms with Crippen molar-refractivity contribution >= 4 is 11.8 Å². The van der Waals surface area contributed by atoms with Gasteiger partial charge in [-0.15, -0.1) is 0 Å². The van der Waals surface area contributed by atoms with Crippen LogP contribution in [0.2, 0.25) is 0 Å². The fourth-order valence-electron chi connectivity index (χ4n) is 2.79.